The van der Waals surface area contributed by atoms with Crippen molar-refractivity contribution in [2.24, 2.45) is 0 Å². The van der Waals surface area contributed by atoms with Gasteiger partial charge in [-0.3, -0.25) is 4.98 Å². The molecule has 0 aliphatic heterocycles. The summed E-state index contributed by atoms with van der Waals surface area (Å²) in [6.45, 7) is 3.06. The normalized spacial score (nSPS) is 17.1. The highest BCUT2D eigenvalue weighted by Gasteiger charge is 2.19. The monoisotopic (exact) mass is 282 g/mol. The maximum absolute atomic E-state index is 4.59. The Morgan fingerprint density at radius 1 is 1.19 bits per heavy atom. The predicted molar refractivity (Wildman–Crippen MR) is 86.6 cm³/mol. The van der Waals surface area contributed by atoms with Crippen molar-refractivity contribution in [3.05, 3.63) is 47.8 Å². The molecule has 1 aliphatic carbocycles. The average Bonchev–Trinajstić information content (AvgIpc) is 2.54. The van der Waals surface area contributed by atoms with Gasteiger partial charge in [-0.15, -0.1) is 0 Å². The Morgan fingerprint density at radius 2 is 2.05 bits per heavy atom. The third-order valence-corrected chi connectivity index (χ3v) is 3.88. The molecule has 1 unspecified atom stereocenters. The smallest absolute Gasteiger partial charge is 0.147 e. The van der Waals surface area contributed by atoms with Crippen LogP contribution in [-0.4, -0.2) is 16.5 Å². The zero-order valence-corrected chi connectivity index (χ0v) is 12.5. The predicted octanol–water partition coefficient (Wildman–Crippen LogP) is 3.79. The molecule has 4 heteroatoms. The largest absolute Gasteiger partial charge is 0.369 e. The van der Waals surface area contributed by atoms with Gasteiger partial charge in [0.2, 0.25) is 0 Å². The summed E-state index contributed by atoms with van der Waals surface area (Å²) in [6, 6.07) is 9.03. The van der Waals surface area contributed by atoms with Crippen molar-refractivity contribution in [3.63, 3.8) is 0 Å². The molecule has 0 radical (unpaired) electrons. The van der Waals surface area contributed by atoms with Crippen LogP contribution in [0.2, 0.25) is 0 Å². The number of fused-ring (bicyclic) bond motifs is 1. The second-order valence-electron chi connectivity index (χ2n) is 5.50. The van der Waals surface area contributed by atoms with Crippen LogP contribution in [0.15, 0.2) is 36.7 Å². The Labute approximate surface area is 126 Å². The van der Waals surface area contributed by atoms with Crippen LogP contribution in [0.5, 0.6) is 0 Å². The standard InChI is InChI=1S/C17H22N4/c1-2-10-19-16-11-18-12-17(21-16)20-15-9-5-7-13-6-3-4-8-14(13)15/h3-4,6,8,11-12,15H,2,5,7,9-10H2,1H3,(H2,19,20,21). The van der Waals surface area contributed by atoms with Crippen molar-refractivity contribution in [2.75, 3.05) is 17.2 Å². The Morgan fingerprint density at radius 3 is 2.95 bits per heavy atom. The average molecular weight is 282 g/mol. The molecule has 1 aromatic heterocycles. The zero-order valence-electron chi connectivity index (χ0n) is 12.5. The van der Waals surface area contributed by atoms with Crippen LogP contribution in [-0.2, 0) is 6.42 Å². The van der Waals surface area contributed by atoms with E-state index in [-0.39, 0.29) is 0 Å². The lowest BCUT2D eigenvalue weighted by Crippen LogP contribution is -2.18. The number of hydrogen-bond donors (Lipinski definition) is 2. The molecule has 4 nitrogen and oxygen atoms in total. The van der Waals surface area contributed by atoms with Gasteiger partial charge in [-0.25, -0.2) is 4.98 Å². The number of nitrogens with zero attached hydrogens (tertiary/aromatic N) is 2. The first-order valence-electron chi connectivity index (χ1n) is 7.77. The van der Waals surface area contributed by atoms with E-state index in [9.17, 15) is 0 Å². The molecule has 1 aliphatic rings. The Bertz CT molecular complexity index is 597. The highest BCUT2D eigenvalue weighted by Crippen LogP contribution is 2.31. The van der Waals surface area contributed by atoms with E-state index >= 15 is 0 Å². The van der Waals surface area contributed by atoms with E-state index in [1.807, 2.05) is 0 Å². The molecule has 21 heavy (non-hydrogen) atoms. The van der Waals surface area contributed by atoms with Gasteiger partial charge >= 0.3 is 0 Å². The summed E-state index contributed by atoms with van der Waals surface area (Å²) in [6.07, 6.45) is 8.19. The zero-order chi connectivity index (χ0) is 14.5. The van der Waals surface area contributed by atoms with Crippen LogP contribution >= 0.6 is 0 Å². The molecule has 1 aromatic carbocycles. The van der Waals surface area contributed by atoms with Crippen molar-refractivity contribution in [2.45, 2.75) is 38.6 Å². The fourth-order valence-electron chi connectivity index (χ4n) is 2.86. The summed E-state index contributed by atoms with van der Waals surface area (Å²) in [4.78, 5) is 8.86. The third kappa shape index (κ3) is 3.32. The van der Waals surface area contributed by atoms with E-state index in [4.69, 9.17) is 0 Å². The maximum Gasteiger partial charge on any atom is 0.147 e. The number of aromatic nitrogens is 2. The third-order valence-electron chi connectivity index (χ3n) is 3.88. The minimum atomic E-state index is 0.339. The van der Waals surface area contributed by atoms with Gasteiger partial charge in [0.1, 0.15) is 11.6 Å². The van der Waals surface area contributed by atoms with Crippen molar-refractivity contribution in [3.8, 4) is 0 Å². The van der Waals surface area contributed by atoms with Crippen LogP contribution in [0.1, 0.15) is 43.4 Å². The van der Waals surface area contributed by atoms with Gasteiger partial charge in [0.25, 0.3) is 0 Å². The van der Waals surface area contributed by atoms with Gasteiger partial charge < -0.3 is 10.6 Å². The number of anilines is 2. The second kappa shape index (κ2) is 6.57. The number of rotatable bonds is 5. The molecule has 1 heterocycles. The first kappa shape index (κ1) is 13.9. The van der Waals surface area contributed by atoms with E-state index in [2.05, 4.69) is 51.8 Å². The molecule has 0 saturated heterocycles. The molecule has 0 fully saturated rings. The summed E-state index contributed by atoms with van der Waals surface area (Å²) < 4.78 is 0. The quantitative estimate of drug-likeness (QED) is 0.876. The summed E-state index contributed by atoms with van der Waals surface area (Å²) in [5.74, 6) is 1.68. The van der Waals surface area contributed by atoms with Gasteiger partial charge in [0, 0.05) is 6.54 Å². The first-order chi connectivity index (χ1) is 10.4. The van der Waals surface area contributed by atoms with Gasteiger partial charge in [0.05, 0.1) is 18.4 Å². The fourth-order valence-corrected chi connectivity index (χ4v) is 2.86. The van der Waals surface area contributed by atoms with E-state index < -0.39 is 0 Å². The fraction of sp³-hybridized carbons (Fsp3) is 0.412. The lowest BCUT2D eigenvalue weighted by Gasteiger charge is -2.26. The maximum atomic E-state index is 4.59. The molecule has 110 valence electrons. The lowest BCUT2D eigenvalue weighted by atomic mass is 9.88. The van der Waals surface area contributed by atoms with Crippen molar-refractivity contribution >= 4 is 11.6 Å². The van der Waals surface area contributed by atoms with Crippen LogP contribution < -0.4 is 10.6 Å². The SMILES string of the molecule is CCCNc1cncc(NC2CCCc3ccccc32)n1. The molecule has 0 saturated carbocycles. The number of benzene rings is 1. The number of nitrogens with one attached hydrogen (secondary N) is 2. The van der Waals surface area contributed by atoms with Crippen LogP contribution in [0, 0.1) is 0 Å². The molecular weight excluding hydrogens is 260 g/mol. The topological polar surface area (TPSA) is 49.8 Å². The van der Waals surface area contributed by atoms with E-state index in [1.165, 1.54) is 24.0 Å². The summed E-state index contributed by atoms with van der Waals surface area (Å²) in [5, 5.41) is 6.82. The van der Waals surface area contributed by atoms with E-state index in [0.29, 0.717) is 6.04 Å². The molecule has 3 rings (SSSR count). The Kier molecular flexibility index (Phi) is 4.34. The molecule has 2 aromatic rings. The Hall–Kier alpha value is -2.10. The van der Waals surface area contributed by atoms with E-state index in [1.54, 1.807) is 12.4 Å². The highest BCUT2D eigenvalue weighted by molar-refractivity contribution is 5.45. The van der Waals surface area contributed by atoms with Crippen LogP contribution in [0.4, 0.5) is 11.6 Å². The van der Waals surface area contributed by atoms with Crippen LogP contribution in [0.3, 0.4) is 0 Å². The number of aryl methyl sites for hydroxylation is 1. The van der Waals surface area contributed by atoms with Crippen LogP contribution in [0.25, 0.3) is 0 Å². The Balaban J connectivity index is 1.75. The van der Waals surface area contributed by atoms with Gasteiger partial charge in [-0.1, -0.05) is 31.2 Å². The van der Waals surface area contributed by atoms with Gasteiger partial charge in [-0.05, 0) is 36.8 Å². The minimum Gasteiger partial charge on any atom is -0.369 e. The first-order valence-corrected chi connectivity index (χ1v) is 7.77. The van der Waals surface area contributed by atoms with Crippen molar-refractivity contribution in [1.82, 2.24) is 9.97 Å². The molecule has 1 atom stereocenters. The molecule has 2 N–H and O–H groups in total. The highest BCUT2D eigenvalue weighted by atomic mass is 15.1. The molecule has 0 bridgehead atoms. The molecule has 0 amide bonds. The van der Waals surface area contributed by atoms with Gasteiger partial charge in [-0.2, -0.15) is 0 Å². The van der Waals surface area contributed by atoms with Gasteiger partial charge in [0.15, 0.2) is 0 Å². The van der Waals surface area contributed by atoms with Crippen molar-refractivity contribution in [1.29, 1.82) is 0 Å². The second-order valence-corrected chi connectivity index (χ2v) is 5.50. The summed E-state index contributed by atoms with van der Waals surface area (Å²) in [7, 11) is 0. The van der Waals surface area contributed by atoms with Crippen molar-refractivity contribution < 1.29 is 0 Å². The number of hydrogen-bond acceptors (Lipinski definition) is 4. The molecule has 0 spiro atoms. The summed E-state index contributed by atoms with van der Waals surface area (Å²) in [5.41, 5.74) is 2.85. The van der Waals surface area contributed by atoms with E-state index in [0.717, 1.165) is 31.0 Å². The minimum absolute atomic E-state index is 0.339. The molecular formula is C17H22N4. The summed E-state index contributed by atoms with van der Waals surface area (Å²) >= 11 is 0. The lowest BCUT2D eigenvalue weighted by molar-refractivity contribution is 0.598.